The number of amides is 2. The molecule has 0 bridgehead atoms. The second-order valence-electron chi connectivity index (χ2n) is 8.21. The van der Waals surface area contributed by atoms with E-state index in [4.69, 9.17) is 16.3 Å². The minimum Gasteiger partial charge on any atom is -0.543 e. The predicted octanol–water partition coefficient (Wildman–Crippen LogP) is -0.797. The molecular weight excluding hydrogens is 518 g/mol. The van der Waals surface area contributed by atoms with Crippen molar-refractivity contribution < 1.29 is 28.9 Å². The van der Waals surface area contributed by atoms with E-state index < -0.39 is 29.2 Å². The van der Waals surface area contributed by atoms with E-state index in [2.05, 4.69) is 15.5 Å². The fraction of sp³-hybridized carbons (Fsp3) is 0.217. The largest absolute Gasteiger partial charge is 0.543 e. The molecule has 4 heterocycles. The van der Waals surface area contributed by atoms with Crippen molar-refractivity contribution in [1.82, 2.24) is 15.2 Å². The zero-order valence-electron chi connectivity index (χ0n) is 19.4. The number of hydrogen-bond acceptors (Lipinski definition) is 11. The standard InChI is InChI=1S/C23H21N7O5S2/c1-35-28-16(14-10-37-23(25)26-14)19(31)27-17-20(32)30-18(22(33)34)11(9-36-21(17)30)8-29-7-3-4-12-13(24)5-2-6-15(12)29/h2-7,10,17,21,24H,8-9H2,1H3,(H4,25,26,27,31,33,34)/b28-16-/t17?,21-/m1/s1. The molecule has 0 aliphatic carbocycles. The van der Waals surface area contributed by atoms with Crippen molar-refractivity contribution in [3.05, 3.63) is 58.9 Å². The van der Waals surface area contributed by atoms with Gasteiger partial charge in [-0.2, -0.15) is 4.57 Å². The summed E-state index contributed by atoms with van der Waals surface area (Å²) in [6.45, 7) is 0.223. The highest BCUT2D eigenvalue weighted by molar-refractivity contribution is 8.00. The van der Waals surface area contributed by atoms with Crippen LogP contribution in [0.15, 0.2) is 58.3 Å². The average molecular weight is 540 g/mol. The van der Waals surface area contributed by atoms with Crippen LogP contribution in [0.4, 0.5) is 10.8 Å². The number of carbonyl (C=O) groups excluding carboxylic acids is 3. The summed E-state index contributed by atoms with van der Waals surface area (Å²) in [6, 6.07) is 8.25. The Hall–Kier alpha value is -4.17. The van der Waals surface area contributed by atoms with Crippen LogP contribution in [0.5, 0.6) is 0 Å². The summed E-state index contributed by atoms with van der Waals surface area (Å²) in [4.78, 5) is 48.1. The van der Waals surface area contributed by atoms with Crippen molar-refractivity contribution in [3.8, 4) is 0 Å². The molecule has 0 radical (unpaired) electrons. The van der Waals surface area contributed by atoms with E-state index in [0.29, 0.717) is 17.0 Å². The Balaban J connectivity index is 1.39. The number of hydrogen-bond donors (Lipinski definition) is 3. The van der Waals surface area contributed by atoms with Crippen LogP contribution in [-0.4, -0.2) is 57.7 Å². The molecule has 190 valence electrons. The van der Waals surface area contributed by atoms with Gasteiger partial charge in [-0.25, -0.2) is 4.98 Å². The third-order valence-corrected chi connectivity index (χ3v) is 8.02. The van der Waals surface area contributed by atoms with E-state index >= 15 is 0 Å². The highest BCUT2D eigenvalue weighted by atomic mass is 32.2. The molecule has 12 nitrogen and oxygen atoms in total. The van der Waals surface area contributed by atoms with E-state index in [9.17, 15) is 19.5 Å². The number of anilines is 2. The van der Waals surface area contributed by atoms with Gasteiger partial charge in [-0.3, -0.25) is 14.5 Å². The number of aliphatic carboxylic acids is 1. The number of rotatable bonds is 7. The molecule has 2 aliphatic rings. The van der Waals surface area contributed by atoms with Crippen molar-refractivity contribution in [3.63, 3.8) is 0 Å². The van der Waals surface area contributed by atoms with Gasteiger partial charge >= 0.3 is 0 Å². The molecule has 0 saturated carbocycles. The van der Waals surface area contributed by atoms with Crippen molar-refractivity contribution in [2.24, 2.45) is 5.16 Å². The molecule has 2 aromatic heterocycles. The lowest BCUT2D eigenvalue weighted by Gasteiger charge is -2.50. The molecule has 3 aromatic rings. The summed E-state index contributed by atoms with van der Waals surface area (Å²) in [5, 5.41) is 20.5. The lowest BCUT2D eigenvalue weighted by atomic mass is 10.0. The van der Waals surface area contributed by atoms with E-state index in [-0.39, 0.29) is 28.8 Å². The molecule has 5 rings (SSSR count). The number of nitrogen functional groups attached to an aromatic ring is 2. The number of oxime groups is 1. The monoisotopic (exact) mass is 539 g/mol. The zero-order valence-corrected chi connectivity index (χ0v) is 21.0. The summed E-state index contributed by atoms with van der Waals surface area (Å²) in [7, 11) is 1.27. The molecule has 1 unspecified atom stereocenters. The molecule has 14 heteroatoms. The number of nitrogens with zero attached hydrogens (tertiary/aromatic N) is 4. The third kappa shape index (κ3) is 4.34. The van der Waals surface area contributed by atoms with Crippen LogP contribution in [0.3, 0.4) is 0 Å². The Morgan fingerprint density at radius 3 is 2.84 bits per heavy atom. The smallest absolute Gasteiger partial charge is 0.276 e. The minimum atomic E-state index is -1.46. The van der Waals surface area contributed by atoms with Gasteiger partial charge in [0.25, 0.3) is 11.8 Å². The maximum Gasteiger partial charge on any atom is 0.276 e. The van der Waals surface area contributed by atoms with E-state index in [0.717, 1.165) is 27.1 Å². The highest BCUT2D eigenvalue weighted by Gasteiger charge is 2.53. The second-order valence-corrected chi connectivity index (χ2v) is 10.2. The highest BCUT2D eigenvalue weighted by Crippen LogP contribution is 2.40. The van der Waals surface area contributed by atoms with Crippen LogP contribution in [0.25, 0.3) is 10.9 Å². The van der Waals surface area contributed by atoms with Crippen molar-refractivity contribution in [2.45, 2.75) is 18.0 Å². The minimum absolute atomic E-state index is 0.148. The summed E-state index contributed by atoms with van der Waals surface area (Å²) < 4.78 is 1.88. The van der Waals surface area contributed by atoms with Gasteiger partial charge in [-0.15, -0.1) is 23.1 Å². The number of benzene rings is 1. The maximum atomic E-state index is 13.1. The van der Waals surface area contributed by atoms with E-state index in [1.807, 2.05) is 35.0 Å². The number of nitrogens with one attached hydrogen (secondary N) is 1. The number of carboxylic acids is 1. The summed E-state index contributed by atoms with van der Waals surface area (Å²) in [5.41, 5.74) is 13.5. The fourth-order valence-corrected chi connectivity index (χ4v) is 6.25. The Bertz CT molecular complexity index is 1500. The summed E-state index contributed by atoms with van der Waals surface area (Å²) >= 11 is 2.47. The lowest BCUT2D eigenvalue weighted by Crippen LogP contribution is -2.71. The van der Waals surface area contributed by atoms with Gasteiger partial charge in [-0.05, 0) is 12.1 Å². The second kappa shape index (κ2) is 9.71. The number of thiazole rings is 1. The van der Waals surface area contributed by atoms with Crippen LogP contribution in [0.2, 0.25) is 0 Å². The molecule has 37 heavy (non-hydrogen) atoms. The number of pyridine rings is 1. The molecule has 2 atom stereocenters. The van der Waals surface area contributed by atoms with Gasteiger partial charge in [0, 0.05) is 34.5 Å². The molecular formula is C23H21N7O5S2. The Morgan fingerprint density at radius 1 is 1.32 bits per heavy atom. The number of aromatic nitrogens is 2. The predicted molar refractivity (Wildman–Crippen MR) is 136 cm³/mol. The molecule has 2 amide bonds. The van der Waals surface area contributed by atoms with Crippen LogP contribution in [0.1, 0.15) is 5.69 Å². The Labute approximate surface area is 218 Å². The van der Waals surface area contributed by atoms with Crippen LogP contribution in [-0.2, 0) is 25.8 Å². The van der Waals surface area contributed by atoms with E-state index in [1.54, 1.807) is 11.4 Å². The van der Waals surface area contributed by atoms with Crippen LogP contribution in [0, 0.1) is 0 Å². The molecule has 1 fully saturated rings. The topological polar surface area (TPSA) is 180 Å². The van der Waals surface area contributed by atoms with Gasteiger partial charge in [0.1, 0.15) is 24.2 Å². The van der Waals surface area contributed by atoms with Crippen LogP contribution >= 0.6 is 23.1 Å². The van der Waals surface area contributed by atoms with Gasteiger partial charge in [-0.1, -0.05) is 11.2 Å². The van der Waals surface area contributed by atoms with Gasteiger partial charge in [0.15, 0.2) is 23.6 Å². The molecule has 2 aliphatic heterocycles. The Morgan fingerprint density at radius 2 is 2.14 bits per heavy atom. The zero-order chi connectivity index (χ0) is 26.3. The summed E-state index contributed by atoms with van der Waals surface area (Å²) in [6.07, 6.45) is 1.82. The SMILES string of the molecule is CO/N=C(\C(=O)NC1C(=O)N2C(C(=O)[O-])=C(C[n+]3cccc4c(N)cccc43)CS[C@H]12)c1csc(N)n1. The number of fused-ring (bicyclic) bond motifs is 2. The van der Waals surface area contributed by atoms with E-state index in [1.165, 1.54) is 18.9 Å². The van der Waals surface area contributed by atoms with Crippen molar-refractivity contribution in [2.75, 3.05) is 24.3 Å². The van der Waals surface area contributed by atoms with Crippen LogP contribution < -0.4 is 26.5 Å². The van der Waals surface area contributed by atoms with Gasteiger partial charge in [0.2, 0.25) is 5.52 Å². The number of carbonyl (C=O) groups is 3. The lowest BCUT2D eigenvalue weighted by molar-refractivity contribution is -0.663. The first kappa shape index (κ1) is 24.5. The Kier molecular flexibility index (Phi) is 6.43. The van der Waals surface area contributed by atoms with Gasteiger partial charge < -0.3 is 31.5 Å². The summed E-state index contributed by atoms with van der Waals surface area (Å²) in [5.74, 6) is -2.40. The number of carboxylic acid groups (broad SMARTS) is 1. The fourth-order valence-electron chi connectivity index (χ4n) is 4.36. The molecule has 1 saturated heterocycles. The normalized spacial score (nSPS) is 19.4. The first-order valence-corrected chi connectivity index (χ1v) is 12.9. The first-order valence-electron chi connectivity index (χ1n) is 11.0. The molecule has 0 spiro atoms. The number of β-lactam (4-membered cyclic amide) rings is 1. The number of nitrogens with two attached hydrogens (primary N) is 2. The third-order valence-electron chi connectivity index (χ3n) is 6.01. The maximum absolute atomic E-state index is 13.1. The average Bonchev–Trinajstić information content (AvgIpc) is 3.31. The quantitative estimate of drug-likeness (QED) is 0.114. The molecule has 1 aromatic carbocycles. The molecule has 5 N–H and O–H groups in total. The van der Waals surface area contributed by atoms with Crippen molar-refractivity contribution >= 4 is 68.3 Å². The number of thioether (sulfide) groups is 1. The van der Waals surface area contributed by atoms with Gasteiger partial charge in [0.05, 0.1) is 17.1 Å². The van der Waals surface area contributed by atoms with Crippen molar-refractivity contribution in [1.29, 1.82) is 0 Å². The first-order chi connectivity index (χ1) is 17.8.